The first-order valence-corrected chi connectivity index (χ1v) is 22.7. The number of alkyl halides is 3. The Bertz CT molecular complexity index is 2720. The number of carbonyl (C=O) groups is 1. The predicted octanol–water partition coefficient (Wildman–Crippen LogP) is 9.09. The molecule has 1 amide bonds. The fourth-order valence-electron chi connectivity index (χ4n) is 8.75. The highest BCUT2D eigenvalue weighted by Gasteiger charge is 2.34. The van der Waals surface area contributed by atoms with Crippen molar-refractivity contribution in [3.05, 3.63) is 117 Å². The Hall–Kier alpha value is -5.98. The molecule has 4 heterocycles. The van der Waals surface area contributed by atoms with Crippen LogP contribution in [0.15, 0.2) is 89.6 Å². The van der Waals surface area contributed by atoms with Crippen molar-refractivity contribution in [2.45, 2.75) is 70.0 Å². The van der Waals surface area contributed by atoms with Gasteiger partial charge < -0.3 is 24.7 Å². The molecule has 0 saturated carbocycles. The molecule has 2 fully saturated rings. The molecule has 3 aromatic carbocycles. The number of aromatic nitrogens is 2. The lowest BCUT2D eigenvalue weighted by Gasteiger charge is -2.39. The van der Waals surface area contributed by atoms with Crippen LogP contribution >= 0.6 is 0 Å². The van der Waals surface area contributed by atoms with Crippen molar-refractivity contribution >= 4 is 49.6 Å². The van der Waals surface area contributed by atoms with E-state index in [1.165, 1.54) is 42.1 Å². The van der Waals surface area contributed by atoms with Gasteiger partial charge in [0.1, 0.15) is 22.8 Å². The Balaban J connectivity index is 1.02. The molecule has 338 valence electrons. The number of nitrogens with one attached hydrogen (secondary N) is 3. The van der Waals surface area contributed by atoms with E-state index in [4.69, 9.17) is 9.47 Å². The van der Waals surface area contributed by atoms with Crippen LogP contribution in [0.1, 0.15) is 73.0 Å². The highest BCUT2D eigenvalue weighted by Crippen LogP contribution is 2.45. The van der Waals surface area contributed by atoms with Crippen molar-refractivity contribution in [1.29, 1.82) is 0 Å². The van der Waals surface area contributed by atoms with Gasteiger partial charge in [-0.15, -0.1) is 0 Å². The summed E-state index contributed by atoms with van der Waals surface area (Å²) in [5, 5.41) is 15.9. The first kappa shape index (κ1) is 44.6. The van der Waals surface area contributed by atoms with Crippen LogP contribution in [0.25, 0.3) is 16.6 Å². The summed E-state index contributed by atoms with van der Waals surface area (Å²) in [6.07, 6.45) is 2.90. The van der Waals surface area contributed by atoms with Gasteiger partial charge in [0.25, 0.3) is 21.6 Å². The van der Waals surface area contributed by atoms with Gasteiger partial charge in [-0.1, -0.05) is 25.5 Å². The van der Waals surface area contributed by atoms with Gasteiger partial charge in [-0.2, -0.15) is 13.2 Å². The molecular formula is C46H50F3N7O7S. The number of carbonyl (C=O) groups excluding carboxylic acids is 1. The van der Waals surface area contributed by atoms with E-state index in [-0.39, 0.29) is 28.5 Å². The molecule has 8 rings (SSSR count). The van der Waals surface area contributed by atoms with E-state index < -0.39 is 43.2 Å². The Kier molecular flexibility index (Phi) is 12.5. The lowest BCUT2D eigenvalue weighted by molar-refractivity contribution is -0.384. The van der Waals surface area contributed by atoms with Crippen LogP contribution in [-0.4, -0.2) is 86.1 Å². The van der Waals surface area contributed by atoms with Crippen LogP contribution in [0.5, 0.6) is 11.5 Å². The number of allylic oxidation sites excluding steroid dienone is 1. The maximum atomic E-state index is 13.9. The van der Waals surface area contributed by atoms with Crippen LogP contribution in [0.3, 0.4) is 0 Å². The number of benzene rings is 3. The number of halogens is 3. The quantitative estimate of drug-likeness (QED) is 0.0806. The number of amides is 1. The number of aryl methyl sites for hydroxylation is 1. The second-order valence-corrected chi connectivity index (χ2v) is 19.2. The fraction of sp³-hybridized carbons (Fsp3) is 0.391. The zero-order chi connectivity index (χ0) is 45.4. The number of nitro groups is 1. The van der Waals surface area contributed by atoms with Gasteiger partial charge in [0.05, 0.1) is 33.7 Å². The lowest BCUT2D eigenvalue weighted by Crippen LogP contribution is -2.47. The molecule has 18 heteroatoms. The molecule has 5 aromatic rings. The average molecular weight is 902 g/mol. The Morgan fingerprint density at radius 1 is 1.06 bits per heavy atom. The van der Waals surface area contributed by atoms with Gasteiger partial charge in [0, 0.05) is 74.8 Å². The molecule has 14 nitrogen and oxygen atoms in total. The van der Waals surface area contributed by atoms with Crippen molar-refractivity contribution in [2.24, 2.45) is 5.41 Å². The first-order valence-electron chi connectivity index (χ1n) is 21.2. The molecule has 64 heavy (non-hydrogen) atoms. The monoisotopic (exact) mass is 901 g/mol. The zero-order valence-corrected chi connectivity index (χ0v) is 36.6. The van der Waals surface area contributed by atoms with Crippen molar-refractivity contribution in [3.8, 4) is 11.5 Å². The van der Waals surface area contributed by atoms with E-state index in [0.29, 0.717) is 62.9 Å². The number of ether oxygens (including phenoxy) is 2. The summed E-state index contributed by atoms with van der Waals surface area (Å²) in [6, 6.07) is 15.7. The predicted molar refractivity (Wildman–Crippen MR) is 237 cm³/mol. The lowest BCUT2D eigenvalue weighted by atomic mass is 9.72. The SMILES string of the molecule is Cc1cc(C(F)(F)F)ccc1C1=C(CN2CCN(c3ccc(C(=O)NS(=O)(=O)c4ccc(NC5CCCOC5)c([N+](=O)[O-])c4)c(Oc4cnc5[nH]ccc5c4)c3)CC2)CCC(C)(C)C1. The number of nitrogens with zero attached hydrogens (tertiary/aromatic N) is 4. The summed E-state index contributed by atoms with van der Waals surface area (Å²) in [6.45, 7) is 10.4. The molecule has 0 bridgehead atoms. The van der Waals surface area contributed by atoms with Crippen LogP contribution in [0.2, 0.25) is 0 Å². The van der Waals surface area contributed by atoms with E-state index >= 15 is 0 Å². The Labute approximate surface area is 369 Å². The van der Waals surface area contributed by atoms with Gasteiger partial charge in [-0.25, -0.2) is 18.1 Å². The van der Waals surface area contributed by atoms with Crippen LogP contribution in [-0.2, 0) is 20.9 Å². The van der Waals surface area contributed by atoms with Gasteiger partial charge in [-0.3, -0.25) is 19.8 Å². The normalized spacial score (nSPS) is 18.5. The van der Waals surface area contributed by atoms with E-state index in [1.54, 1.807) is 37.4 Å². The number of anilines is 2. The molecule has 3 aliphatic rings. The van der Waals surface area contributed by atoms with Gasteiger partial charge >= 0.3 is 6.18 Å². The smallest absolute Gasteiger partial charge is 0.416 e. The average Bonchev–Trinajstić information content (AvgIpc) is 3.72. The standard InChI is InChI=1S/C46H50F3N7O7S/c1-29-21-32(46(47,48)49)6-9-37(29)39-25-45(2,3)14-12-31(39)27-54-16-18-55(19-17-54)34-7-10-38(42(23-34)63-35-22-30-13-15-50-43(30)51-26-35)44(57)53-64(60,61)36-8-11-40(41(24-36)56(58)59)52-33-5-4-20-62-28-33/h6-11,13,15,21-24,26,33,52H,4-5,12,14,16-20,25,27-28H2,1-3H3,(H,50,51)(H,53,57). The third-order valence-electron chi connectivity index (χ3n) is 12.3. The Morgan fingerprint density at radius 3 is 2.58 bits per heavy atom. The zero-order valence-electron chi connectivity index (χ0n) is 35.8. The summed E-state index contributed by atoms with van der Waals surface area (Å²) in [7, 11) is -4.61. The molecule has 1 aliphatic carbocycles. The maximum absolute atomic E-state index is 13.9. The van der Waals surface area contributed by atoms with Crippen LogP contribution in [0.4, 0.5) is 30.2 Å². The number of fused-ring (bicyclic) bond motifs is 1. The molecule has 1 atom stereocenters. The number of hydrogen-bond donors (Lipinski definition) is 3. The molecule has 2 aliphatic heterocycles. The van der Waals surface area contributed by atoms with Crippen molar-refractivity contribution < 1.29 is 40.8 Å². The van der Waals surface area contributed by atoms with Crippen LogP contribution < -0.4 is 19.7 Å². The molecule has 0 radical (unpaired) electrons. The summed E-state index contributed by atoms with van der Waals surface area (Å²) in [5.41, 5.74) is 4.12. The number of H-pyrrole nitrogens is 1. The molecule has 1 unspecified atom stereocenters. The summed E-state index contributed by atoms with van der Waals surface area (Å²) in [5.74, 6) is -0.638. The molecule has 0 spiro atoms. The number of nitro benzene ring substituents is 1. The fourth-order valence-corrected chi connectivity index (χ4v) is 9.74. The number of piperazine rings is 1. The number of pyridine rings is 1. The number of sulfonamides is 1. The number of hydrogen-bond acceptors (Lipinski definition) is 11. The van der Waals surface area contributed by atoms with Crippen molar-refractivity contribution in [1.82, 2.24) is 19.6 Å². The van der Waals surface area contributed by atoms with E-state index in [0.717, 1.165) is 60.4 Å². The second kappa shape index (κ2) is 17.9. The third kappa shape index (κ3) is 10.0. The second-order valence-electron chi connectivity index (χ2n) is 17.5. The number of rotatable bonds is 12. The Morgan fingerprint density at radius 2 is 1.86 bits per heavy atom. The van der Waals surface area contributed by atoms with E-state index in [1.807, 2.05) is 6.07 Å². The van der Waals surface area contributed by atoms with Gasteiger partial charge in [0.2, 0.25) is 0 Å². The first-order chi connectivity index (χ1) is 30.4. The van der Waals surface area contributed by atoms with Gasteiger partial charge in [0.15, 0.2) is 0 Å². The topological polar surface area (TPSA) is 172 Å². The van der Waals surface area contributed by atoms with E-state index in [2.05, 4.69) is 43.7 Å². The van der Waals surface area contributed by atoms with E-state index in [9.17, 15) is 36.5 Å². The minimum Gasteiger partial charge on any atom is -0.455 e. The van der Waals surface area contributed by atoms with Gasteiger partial charge in [-0.05, 0) is 110 Å². The molecule has 2 saturated heterocycles. The van der Waals surface area contributed by atoms with Crippen LogP contribution in [0, 0.1) is 22.5 Å². The minimum atomic E-state index is -4.61. The minimum absolute atomic E-state index is 0.0114. The van der Waals surface area contributed by atoms with Crippen molar-refractivity contribution in [3.63, 3.8) is 0 Å². The molecular weight excluding hydrogens is 852 g/mol. The highest BCUT2D eigenvalue weighted by molar-refractivity contribution is 7.90. The summed E-state index contributed by atoms with van der Waals surface area (Å²) >= 11 is 0. The third-order valence-corrected chi connectivity index (χ3v) is 13.6. The van der Waals surface area contributed by atoms with Crippen molar-refractivity contribution in [2.75, 3.05) is 56.2 Å². The largest absolute Gasteiger partial charge is 0.455 e. The summed E-state index contributed by atoms with van der Waals surface area (Å²) in [4.78, 5) is 36.7. The number of aromatic amines is 1. The summed E-state index contributed by atoms with van der Waals surface area (Å²) < 4.78 is 81.8. The maximum Gasteiger partial charge on any atom is 0.416 e. The molecule has 2 aromatic heterocycles. The molecule has 3 N–H and O–H groups in total. The highest BCUT2D eigenvalue weighted by atomic mass is 32.2.